The van der Waals surface area contributed by atoms with Crippen molar-refractivity contribution in [1.82, 2.24) is 0 Å². The molecule has 0 heterocycles. The molecule has 0 N–H and O–H groups in total. The molecule has 102 valence electrons. The summed E-state index contributed by atoms with van der Waals surface area (Å²) < 4.78 is 0. The smallest absolute Gasteiger partial charge is 0.0417 e. The van der Waals surface area contributed by atoms with Crippen LogP contribution in [0.15, 0.2) is 0 Å². The van der Waals surface area contributed by atoms with Gasteiger partial charge in [0.15, 0.2) is 0 Å². The molecule has 0 saturated heterocycles. The number of hydrogen-bond donors (Lipinski definition) is 0. The van der Waals surface area contributed by atoms with Gasteiger partial charge < -0.3 is 0 Å². The van der Waals surface area contributed by atoms with E-state index in [4.69, 9.17) is 0 Å². The molecule has 0 unspecified atom stereocenters. The van der Waals surface area contributed by atoms with Gasteiger partial charge in [0.05, 0.1) is 0 Å². The van der Waals surface area contributed by atoms with Crippen molar-refractivity contribution < 1.29 is 0 Å². The zero-order chi connectivity index (χ0) is 12.6. The van der Waals surface area contributed by atoms with Crippen molar-refractivity contribution in [2.24, 2.45) is 0 Å². The van der Waals surface area contributed by atoms with Crippen molar-refractivity contribution in [3.63, 3.8) is 0 Å². The average molecular weight is 238 g/mol. The second kappa shape index (κ2) is 16.0. The van der Waals surface area contributed by atoms with Gasteiger partial charge in [-0.1, -0.05) is 104 Å². The van der Waals surface area contributed by atoms with Crippen LogP contribution in [0.4, 0.5) is 0 Å². The number of hydrogen-bond acceptors (Lipinski definition) is 0. The quantitative estimate of drug-likeness (QED) is 0.303. The fourth-order valence-corrected chi connectivity index (χ4v) is 2.29. The standard InChI is InChI=1S/C17H34/c1-3-5-7-9-11-13-15-17-16-14-12-10-8-6-4-2/h4H,1,3,5-17H2,2H3. The topological polar surface area (TPSA) is 0 Å². The first-order valence-electron chi connectivity index (χ1n) is 7.99. The normalized spacial score (nSPS) is 10.9. The Balaban J connectivity index is 2.85. The molecule has 17 heavy (non-hydrogen) atoms. The van der Waals surface area contributed by atoms with E-state index >= 15 is 0 Å². The Kier molecular flexibility index (Phi) is 16.0. The van der Waals surface area contributed by atoms with Crippen LogP contribution in [0.1, 0.15) is 96.8 Å². The first-order chi connectivity index (χ1) is 8.41. The van der Waals surface area contributed by atoms with Crippen molar-refractivity contribution in [3.8, 4) is 0 Å². The fourth-order valence-electron chi connectivity index (χ4n) is 2.29. The summed E-state index contributed by atoms with van der Waals surface area (Å²) in [4.78, 5) is 0. The molecule has 0 atom stereocenters. The fraction of sp³-hybridized carbons (Fsp3) is 0.882. The summed E-state index contributed by atoms with van der Waals surface area (Å²) in [5.74, 6) is 0. The van der Waals surface area contributed by atoms with Crippen molar-refractivity contribution in [1.29, 1.82) is 0 Å². The molecular formula is C17H34. The Morgan fingerprint density at radius 3 is 1.29 bits per heavy atom. The maximum atomic E-state index is 3.88. The lowest BCUT2D eigenvalue weighted by Crippen LogP contribution is -1.83. The van der Waals surface area contributed by atoms with Gasteiger partial charge in [-0.25, -0.2) is 0 Å². The van der Waals surface area contributed by atoms with Crippen molar-refractivity contribution in [2.45, 2.75) is 96.8 Å². The monoisotopic (exact) mass is 238 g/mol. The molecule has 0 aliphatic rings. The minimum atomic E-state index is 1.12. The molecule has 0 bridgehead atoms. The van der Waals surface area contributed by atoms with Crippen LogP contribution >= 0.6 is 0 Å². The molecule has 0 aromatic rings. The summed E-state index contributed by atoms with van der Waals surface area (Å²) >= 11 is 0. The lowest BCUT2D eigenvalue weighted by atomic mass is 10.0. The van der Waals surface area contributed by atoms with Crippen molar-refractivity contribution >= 4 is 0 Å². The molecule has 0 heteroatoms. The second-order valence-electron chi connectivity index (χ2n) is 5.29. The zero-order valence-corrected chi connectivity index (χ0v) is 12.2. The molecule has 0 spiro atoms. The molecule has 0 aromatic carbocycles. The molecule has 0 amide bonds. The summed E-state index contributed by atoms with van der Waals surface area (Å²) in [6.45, 7) is 6.04. The van der Waals surface area contributed by atoms with Crippen LogP contribution in [0.2, 0.25) is 0 Å². The van der Waals surface area contributed by atoms with Crippen molar-refractivity contribution in [2.75, 3.05) is 0 Å². The van der Waals surface area contributed by atoms with E-state index < -0.39 is 0 Å². The van der Waals surface area contributed by atoms with Gasteiger partial charge in [-0.05, 0) is 6.42 Å². The Morgan fingerprint density at radius 1 is 0.588 bits per heavy atom. The highest BCUT2D eigenvalue weighted by Gasteiger charge is 1.93. The molecule has 0 aliphatic carbocycles. The van der Waals surface area contributed by atoms with E-state index in [-0.39, 0.29) is 0 Å². The first kappa shape index (κ1) is 17.0. The summed E-state index contributed by atoms with van der Waals surface area (Å²) in [7, 11) is 0. The van der Waals surface area contributed by atoms with E-state index in [1.165, 1.54) is 83.5 Å². The maximum absolute atomic E-state index is 3.88. The van der Waals surface area contributed by atoms with Crippen LogP contribution < -0.4 is 0 Å². The Labute approximate surface area is 111 Å². The molecular weight excluding hydrogens is 204 g/mol. The van der Waals surface area contributed by atoms with E-state index in [2.05, 4.69) is 20.3 Å². The van der Waals surface area contributed by atoms with Gasteiger partial charge in [0.2, 0.25) is 0 Å². The van der Waals surface area contributed by atoms with E-state index in [1.807, 2.05) is 0 Å². The van der Waals surface area contributed by atoms with Gasteiger partial charge >= 0.3 is 0 Å². The van der Waals surface area contributed by atoms with E-state index in [0.29, 0.717) is 0 Å². The number of unbranched alkanes of at least 4 members (excludes halogenated alkanes) is 14. The molecule has 0 nitrogen and oxygen atoms in total. The van der Waals surface area contributed by atoms with Crippen LogP contribution in [0.3, 0.4) is 0 Å². The average Bonchev–Trinajstić information content (AvgIpc) is 2.35. The summed E-state index contributed by atoms with van der Waals surface area (Å²) in [6, 6.07) is 0. The second-order valence-corrected chi connectivity index (χ2v) is 5.29. The zero-order valence-electron chi connectivity index (χ0n) is 12.2. The minimum absolute atomic E-state index is 1.12. The van der Waals surface area contributed by atoms with Crippen LogP contribution in [0.5, 0.6) is 0 Å². The number of rotatable bonds is 14. The lowest BCUT2D eigenvalue weighted by Gasteiger charge is -2.02. The third-order valence-electron chi connectivity index (χ3n) is 3.49. The molecule has 0 aliphatic heterocycles. The van der Waals surface area contributed by atoms with Gasteiger partial charge in [0, 0.05) is 0 Å². The summed E-state index contributed by atoms with van der Waals surface area (Å²) in [5.41, 5.74) is 0. The molecule has 2 radical (unpaired) electrons. The molecule has 0 fully saturated rings. The highest BCUT2D eigenvalue weighted by atomic mass is 14.0. The largest absolute Gasteiger partial charge is 0.0623 e. The maximum Gasteiger partial charge on any atom is -0.0417 e. The van der Waals surface area contributed by atoms with E-state index in [1.54, 1.807) is 0 Å². The predicted molar refractivity (Wildman–Crippen MR) is 80.0 cm³/mol. The van der Waals surface area contributed by atoms with Gasteiger partial charge in [0.1, 0.15) is 0 Å². The van der Waals surface area contributed by atoms with E-state index in [9.17, 15) is 0 Å². The molecule has 0 aromatic heterocycles. The SMILES string of the molecule is [CH2]CCCCCCCCCCCCCC[CH]C. The highest BCUT2D eigenvalue weighted by Crippen LogP contribution is 2.12. The van der Waals surface area contributed by atoms with Gasteiger partial charge in [-0.15, -0.1) is 0 Å². The third-order valence-corrected chi connectivity index (χ3v) is 3.49. The summed E-state index contributed by atoms with van der Waals surface area (Å²) in [6.07, 6.45) is 22.0. The van der Waals surface area contributed by atoms with Crippen molar-refractivity contribution in [3.05, 3.63) is 13.3 Å². The predicted octanol–water partition coefficient (Wildman–Crippen LogP) is 6.51. The minimum Gasteiger partial charge on any atom is -0.0623 e. The first-order valence-corrected chi connectivity index (χ1v) is 7.99. The van der Waals surface area contributed by atoms with Crippen LogP contribution in [0.25, 0.3) is 0 Å². The van der Waals surface area contributed by atoms with E-state index in [0.717, 1.165) is 6.42 Å². The van der Waals surface area contributed by atoms with Crippen LogP contribution in [-0.2, 0) is 0 Å². The Hall–Kier alpha value is 0. The van der Waals surface area contributed by atoms with Gasteiger partial charge in [0.25, 0.3) is 0 Å². The Bertz CT molecular complexity index is 103. The Morgan fingerprint density at radius 2 is 0.941 bits per heavy atom. The summed E-state index contributed by atoms with van der Waals surface area (Å²) in [5, 5.41) is 0. The highest BCUT2D eigenvalue weighted by molar-refractivity contribution is 4.55. The molecule has 0 rings (SSSR count). The third kappa shape index (κ3) is 16.0. The lowest BCUT2D eigenvalue weighted by molar-refractivity contribution is 0.541. The van der Waals surface area contributed by atoms with Gasteiger partial charge in [-0.2, -0.15) is 0 Å². The van der Waals surface area contributed by atoms with Crippen LogP contribution in [0, 0.1) is 13.3 Å². The van der Waals surface area contributed by atoms with Crippen LogP contribution in [-0.4, -0.2) is 0 Å². The molecule has 0 saturated carbocycles. The van der Waals surface area contributed by atoms with Gasteiger partial charge in [-0.3, -0.25) is 0 Å².